The van der Waals surface area contributed by atoms with Gasteiger partial charge in [0.1, 0.15) is 4.70 Å². The van der Waals surface area contributed by atoms with Gasteiger partial charge >= 0.3 is 0 Å². The molecule has 0 radical (unpaired) electrons. The molecule has 6 nitrogen and oxygen atoms in total. The largest absolute Gasteiger partial charge is 0.342 e. The summed E-state index contributed by atoms with van der Waals surface area (Å²) in [5.41, 5.74) is 3.95. The van der Waals surface area contributed by atoms with Gasteiger partial charge in [-0.2, -0.15) is 0 Å². The van der Waals surface area contributed by atoms with Gasteiger partial charge in [0.15, 0.2) is 0 Å². The number of aromatic amines is 1. The Labute approximate surface area is 192 Å². The molecule has 1 amide bonds. The minimum Gasteiger partial charge on any atom is -0.342 e. The van der Waals surface area contributed by atoms with Crippen LogP contribution in [0.1, 0.15) is 44.1 Å². The summed E-state index contributed by atoms with van der Waals surface area (Å²) in [5.74, 6) is 1.03. The second kappa shape index (κ2) is 9.06. The first-order valence-corrected chi connectivity index (χ1v) is 12.6. The number of nitrogens with one attached hydrogen (secondary N) is 1. The number of fused-ring (bicyclic) bond motifs is 1. The van der Waals surface area contributed by atoms with Crippen LogP contribution in [-0.2, 0) is 4.79 Å². The molecule has 2 saturated heterocycles. The fourth-order valence-corrected chi connectivity index (χ4v) is 5.88. The molecule has 32 heavy (non-hydrogen) atoms. The molecule has 0 saturated carbocycles. The summed E-state index contributed by atoms with van der Waals surface area (Å²) in [6.07, 6.45) is 6.34. The Kier molecular flexibility index (Phi) is 6.00. The fraction of sp³-hybridized carbons (Fsp3) is 0.480. The minimum atomic E-state index is -0.0864. The van der Waals surface area contributed by atoms with Crippen molar-refractivity contribution in [3.05, 3.63) is 45.6 Å². The van der Waals surface area contributed by atoms with Crippen LogP contribution in [0, 0.1) is 12.8 Å². The van der Waals surface area contributed by atoms with Crippen LogP contribution in [0.2, 0.25) is 0 Å². The lowest BCUT2D eigenvalue weighted by Crippen LogP contribution is -2.43. The molecule has 0 spiro atoms. The number of aromatic nitrogens is 2. The van der Waals surface area contributed by atoms with Gasteiger partial charge in [-0.15, -0.1) is 11.3 Å². The molecule has 2 aromatic heterocycles. The van der Waals surface area contributed by atoms with Gasteiger partial charge in [0.25, 0.3) is 5.56 Å². The lowest BCUT2D eigenvalue weighted by Gasteiger charge is -2.34. The molecular formula is C25H30N4O2S. The number of carbonyl (C=O) groups is 1. The van der Waals surface area contributed by atoms with Crippen LogP contribution in [0.25, 0.3) is 21.3 Å². The maximum atomic E-state index is 13.0. The number of aryl methyl sites for hydroxylation is 1. The van der Waals surface area contributed by atoms with E-state index in [1.807, 2.05) is 11.4 Å². The molecule has 1 N–H and O–H groups in total. The van der Waals surface area contributed by atoms with E-state index >= 15 is 0 Å². The fourth-order valence-electron chi connectivity index (χ4n) is 4.97. The van der Waals surface area contributed by atoms with Crippen molar-refractivity contribution in [1.29, 1.82) is 0 Å². The summed E-state index contributed by atoms with van der Waals surface area (Å²) in [7, 11) is 0. The predicted molar refractivity (Wildman–Crippen MR) is 130 cm³/mol. The van der Waals surface area contributed by atoms with Crippen LogP contribution in [0.15, 0.2) is 34.4 Å². The molecule has 3 aromatic rings. The number of likely N-dealkylation sites (tertiary alicyclic amines) is 1. The van der Waals surface area contributed by atoms with E-state index in [1.165, 1.54) is 29.7 Å². The first kappa shape index (κ1) is 21.2. The number of carbonyl (C=O) groups excluding carboxylic acids is 1. The highest BCUT2D eigenvalue weighted by molar-refractivity contribution is 7.17. The zero-order valence-electron chi connectivity index (χ0n) is 18.6. The third-order valence-corrected chi connectivity index (χ3v) is 7.77. The van der Waals surface area contributed by atoms with Crippen LogP contribution in [0.3, 0.4) is 0 Å². The van der Waals surface area contributed by atoms with Crippen molar-refractivity contribution in [3.8, 4) is 11.1 Å². The van der Waals surface area contributed by atoms with Gasteiger partial charge < -0.3 is 9.80 Å². The summed E-state index contributed by atoms with van der Waals surface area (Å²) in [4.78, 5) is 37.9. The van der Waals surface area contributed by atoms with E-state index in [2.05, 4.69) is 39.9 Å². The normalized spacial score (nSPS) is 18.2. The van der Waals surface area contributed by atoms with E-state index in [4.69, 9.17) is 4.98 Å². The van der Waals surface area contributed by atoms with E-state index in [0.717, 1.165) is 68.5 Å². The Hall–Kier alpha value is -2.67. The lowest BCUT2D eigenvalue weighted by molar-refractivity contribution is -0.136. The van der Waals surface area contributed by atoms with E-state index in [1.54, 1.807) is 0 Å². The second-order valence-electron chi connectivity index (χ2n) is 9.09. The average molecular weight is 451 g/mol. The zero-order valence-corrected chi connectivity index (χ0v) is 19.4. The molecule has 168 valence electrons. The summed E-state index contributed by atoms with van der Waals surface area (Å²) in [5, 5.41) is 2.03. The number of hydrogen-bond acceptors (Lipinski definition) is 5. The molecule has 2 fully saturated rings. The summed E-state index contributed by atoms with van der Waals surface area (Å²) in [6.45, 7) is 5.36. The van der Waals surface area contributed by atoms with Gasteiger partial charge in [-0.25, -0.2) is 4.98 Å². The topological polar surface area (TPSA) is 69.3 Å². The molecule has 5 rings (SSSR count). The smallest absolute Gasteiger partial charge is 0.270 e. The number of benzene rings is 1. The highest BCUT2D eigenvalue weighted by atomic mass is 32.1. The predicted octanol–water partition coefficient (Wildman–Crippen LogP) is 4.58. The minimum absolute atomic E-state index is 0.0864. The highest BCUT2D eigenvalue weighted by Gasteiger charge is 2.30. The van der Waals surface area contributed by atoms with Crippen LogP contribution in [0.4, 0.5) is 5.95 Å². The number of thiophene rings is 1. The summed E-state index contributed by atoms with van der Waals surface area (Å²) < 4.78 is 0.663. The van der Waals surface area contributed by atoms with E-state index < -0.39 is 0 Å². The number of anilines is 1. The number of H-pyrrole nitrogens is 1. The molecule has 7 heteroatoms. The SMILES string of the molecule is Cc1cccc(-c2csc3c(=O)[nH]c(N4CCC(C(=O)N5CCCCCC5)CC4)nc23)c1. The Balaban J connectivity index is 1.35. The van der Waals surface area contributed by atoms with Gasteiger partial charge in [0.2, 0.25) is 11.9 Å². The molecule has 2 aliphatic rings. The zero-order chi connectivity index (χ0) is 22.1. The van der Waals surface area contributed by atoms with Gasteiger partial charge in [0, 0.05) is 43.0 Å². The number of piperidine rings is 1. The first-order valence-electron chi connectivity index (χ1n) is 11.7. The first-order chi connectivity index (χ1) is 15.6. The average Bonchev–Trinajstić information content (AvgIpc) is 3.05. The summed E-state index contributed by atoms with van der Waals surface area (Å²) >= 11 is 1.44. The molecule has 0 atom stereocenters. The standard InChI is InChI=1S/C25H30N4O2S/c1-17-7-6-8-19(15-17)20-16-32-22-21(20)26-25(27-23(22)30)29-13-9-18(10-14-29)24(31)28-11-4-2-3-5-12-28/h6-8,15-16,18H,2-5,9-14H2,1H3,(H,26,27,30). The van der Waals surface area contributed by atoms with Crippen LogP contribution in [0.5, 0.6) is 0 Å². The van der Waals surface area contributed by atoms with Gasteiger partial charge in [-0.3, -0.25) is 14.6 Å². The summed E-state index contributed by atoms with van der Waals surface area (Å²) in [6, 6.07) is 8.30. The van der Waals surface area contributed by atoms with Crippen LogP contribution >= 0.6 is 11.3 Å². The van der Waals surface area contributed by atoms with E-state index in [-0.39, 0.29) is 11.5 Å². The van der Waals surface area contributed by atoms with Crippen LogP contribution in [-0.4, -0.2) is 47.0 Å². The Bertz CT molecular complexity index is 1170. The van der Waals surface area contributed by atoms with E-state index in [0.29, 0.717) is 16.6 Å². The molecule has 0 aliphatic carbocycles. The molecule has 0 bridgehead atoms. The quantitative estimate of drug-likeness (QED) is 0.634. The highest BCUT2D eigenvalue weighted by Crippen LogP contribution is 2.32. The van der Waals surface area contributed by atoms with Crippen molar-refractivity contribution in [2.24, 2.45) is 5.92 Å². The van der Waals surface area contributed by atoms with Crippen LogP contribution < -0.4 is 10.5 Å². The third kappa shape index (κ3) is 4.18. The Morgan fingerprint density at radius 3 is 2.56 bits per heavy atom. The Morgan fingerprint density at radius 2 is 1.84 bits per heavy atom. The van der Waals surface area contributed by atoms with Crippen molar-refractivity contribution >= 4 is 33.4 Å². The van der Waals surface area contributed by atoms with Crippen molar-refractivity contribution in [2.75, 3.05) is 31.1 Å². The molecule has 0 unspecified atom stereocenters. The molecule has 1 aromatic carbocycles. The maximum Gasteiger partial charge on any atom is 0.270 e. The van der Waals surface area contributed by atoms with E-state index in [9.17, 15) is 9.59 Å². The monoisotopic (exact) mass is 450 g/mol. The number of amides is 1. The van der Waals surface area contributed by atoms with Gasteiger partial charge in [0.05, 0.1) is 5.52 Å². The van der Waals surface area contributed by atoms with Crippen molar-refractivity contribution in [2.45, 2.75) is 45.4 Å². The molecule has 2 aliphatic heterocycles. The van der Waals surface area contributed by atoms with Crippen molar-refractivity contribution < 1.29 is 4.79 Å². The Morgan fingerprint density at radius 1 is 1.09 bits per heavy atom. The third-order valence-electron chi connectivity index (χ3n) is 6.80. The number of rotatable bonds is 3. The number of nitrogens with zero attached hydrogens (tertiary/aromatic N) is 3. The molecule has 4 heterocycles. The lowest BCUT2D eigenvalue weighted by atomic mass is 9.95. The second-order valence-corrected chi connectivity index (χ2v) is 9.97. The van der Waals surface area contributed by atoms with Crippen molar-refractivity contribution in [3.63, 3.8) is 0 Å². The van der Waals surface area contributed by atoms with Gasteiger partial charge in [-0.1, -0.05) is 42.7 Å². The maximum absolute atomic E-state index is 13.0. The number of hydrogen-bond donors (Lipinski definition) is 1. The molecular weight excluding hydrogens is 420 g/mol. The van der Waals surface area contributed by atoms with Gasteiger partial charge in [-0.05, 0) is 38.2 Å². The van der Waals surface area contributed by atoms with Crippen molar-refractivity contribution in [1.82, 2.24) is 14.9 Å².